The van der Waals surface area contributed by atoms with Gasteiger partial charge >= 0.3 is 0 Å². The number of nitrogens with zero attached hydrogens (tertiary/aromatic N) is 1. The first-order valence-electron chi connectivity index (χ1n) is 9.84. The van der Waals surface area contributed by atoms with Crippen molar-refractivity contribution in [1.82, 2.24) is 0 Å². The fraction of sp³-hybridized carbons (Fsp3) is 0.364. The van der Waals surface area contributed by atoms with Crippen LogP contribution in [0.5, 0.6) is 17.2 Å². The summed E-state index contributed by atoms with van der Waals surface area (Å²) in [6, 6.07) is 12.5. The van der Waals surface area contributed by atoms with E-state index >= 15 is 0 Å². The summed E-state index contributed by atoms with van der Waals surface area (Å²) in [6.07, 6.45) is 1.75. The molecule has 0 unspecified atom stereocenters. The fourth-order valence-electron chi connectivity index (χ4n) is 2.91. The van der Waals surface area contributed by atoms with Crippen LogP contribution in [0, 0.1) is 0 Å². The minimum atomic E-state index is -0.307. The van der Waals surface area contributed by atoms with Gasteiger partial charge in [0.1, 0.15) is 12.3 Å². The SMILES string of the molecule is CCCOc1ccc(NC(=O)CN2C(=O)COc3ccccc32)cc1OCCC. The Balaban J connectivity index is 1.71. The van der Waals surface area contributed by atoms with Crippen molar-refractivity contribution in [2.45, 2.75) is 26.7 Å². The number of nitrogens with one attached hydrogen (secondary N) is 1. The second kappa shape index (κ2) is 9.82. The summed E-state index contributed by atoms with van der Waals surface area (Å²) in [4.78, 5) is 26.3. The van der Waals surface area contributed by atoms with Crippen LogP contribution in [-0.4, -0.2) is 38.2 Å². The molecule has 0 saturated heterocycles. The van der Waals surface area contributed by atoms with E-state index in [1.165, 1.54) is 4.90 Å². The molecule has 154 valence electrons. The van der Waals surface area contributed by atoms with Crippen LogP contribution in [0.15, 0.2) is 42.5 Å². The predicted molar refractivity (Wildman–Crippen MR) is 111 cm³/mol. The van der Waals surface area contributed by atoms with Gasteiger partial charge in [-0.15, -0.1) is 0 Å². The summed E-state index contributed by atoms with van der Waals surface area (Å²) < 4.78 is 16.9. The Morgan fingerprint density at radius 2 is 1.79 bits per heavy atom. The number of benzene rings is 2. The molecular formula is C22H26N2O5. The third kappa shape index (κ3) is 5.19. The Hall–Kier alpha value is -3.22. The monoisotopic (exact) mass is 398 g/mol. The smallest absolute Gasteiger partial charge is 0.265 e. The van der Waals surface area contributed by atoms with Gasteiger partial charge in [-0.3, -0.25) is 14.5 Å². The van der Waals surface area contributed by atoms with E-state index in [4.69, 9.17) is 14.2 Å². The predicted octanol–water partition coefficient (Wildman–Crippen LogP) is 3.63. The van der Waals surface area contributed by atoms with Crippen molar-refractivity contribution in [1.29, 1.82) is 0 Å². The maximum atomic E-state index is 12.6. The number of hydrogen-bond donors (Lipinski definition) is 1. The molecule has 1 aliphatic rings. The van der Waals surface area contributed by atoms with E-state index in [9.17, 15) is 9.59 Å². The third-order valence-electron chi connectivity index (χ3n) is 4.26. The average molecular weight is 398 g/mol. The van der Waals surface area contributed by atoms with Crippen molar-refractivity contribution in [3.8, 4) is 17.2 Å². The Kier molecular flexibility index (Phi) is 6.94. The van der Waals surface area contributed by atoms with E-state index in [1.807, 2.05) is 19.9 Å². The molecule has 0 fully saturated rings. The van der Waals surface area contributed by atoms with Crippen molar-refractivity contribution in [3.63, 3.8) is 0 Å². The van der Waals surface area contributed by atoms with Crippen LogP contribution in [0.4, 0.5) is 11.4 Å². The molecule has 7 heteroatoms. The van der Waals surface area contributed by atoms with Crippen molar-refractivity contribution < 1.29 is 23.8 Å². The molecule has 0 bridgehead atoms. The quantitative estimate of drug-likeness (QED) is 0.698. The van der Waals surface area contributed by atoms with Crippen LogP contribution in [0.1, 0.15) is 26.7 Å². The van der Waals surface area contributed by atoms with Gasteiger partial charge < -0.3 is 19.5 Å². The first-order chi connectivity index (χ1) is 14.1. The minimum Gasteiger partial charge on any atom is -0.490 e. The molecule has 2 aromatic rings. The maximum Gasteiger partial charge on any atom is 0.265 e. The number of para-hydroxylation sites is 2. The molecule has 2 amide bonds. The molecule has 2 aromatic carbocycles. The van der Waals surface area contributed by atoms with Gasteiger partial charge in [-0.1, -0.05) is 26.0 Å². The average Bonchev–Trinajstić information content (AvgIpc) is 2.73. The Morgan fingerprint density at radius 3 is 2.55 bits per heavy atom. The molecule has 0 saturated carbocycles. The molecule has 1 aliphatic heterocycles. The molecule has 0 aromatic heterocycles. The molecule has 0 spiro atoms. The molecule has 29 heavy (non-hydrogen) atoms. The van der Waals surface area contributed by atoms with Crippen LogP contribution in [-0.2, 0) is 9.59 Å². The zero-order chi connectivity index (χ0) is 20.6. The van der Waals surface area contributed by atoms with Crippen LogP contribution in [0.25, 0.3) is 0 Å². The lowest BCUT2D eigenvalue weighted by molar-refractivity contribution is -0.123. The first-order valence-corrected chi connectivity index (χ1v) is 9.84. The van der Waals surface area contributed by atoms with Gasteiger partial charge in [0, 0.05) is 11.8 Å². The molecule has 0 radical (unpaired) electrons. The molecule has 3 rings (SSSR count). The highest BCUT2D eigenvalue weighted by molar-refractivity contribution is 6.05. The maximum absolute atomic E-state index is 12.6. The Labute approximate surface area is 170 Å². The molecule has 7 nitrogen and oxygen atoms in total. The number of rotatable bonds is 9. The highest BCUT2D eigenvalue weighted by Crippen LogP contribution is 2.32. The standard InChI is InChI=1S/C22H26N2O5/c1-3-11-27-19-10-9-16(13-20(19)28-12-4-2)23-21(25)14-24-17-7-5-6-8-18(17)29-15-22(24)26/h5-10,13H,3-4,11-12,14-15H2,1-2H3,(H,23,25). The van der Waals surface area contributed by atoms with Crippen LogP contribution in [0.2, 0.25) is 0 Å². The lowest BCUT2D eigenvalue weighted by Gasteiger charge is -2.28. The zero-order valence-corrected chi connectivity index (χ0v) is 16.8. The van der Waals surface area contributed by atoms with Crippen LogP contribution >= 0.6 is 0 Å². The van der Waals surface area contributed by atoms with E-state index < -0.39 is 0 Å². The second-order valence-corrected chi connectivity index (χ2v) is 6.64. The van der Waals surface area contributed by atoms with Crippen molar-refractivity contribution in [2.75, 3.05) is 36.6 Å². The number of carbonyl (C=O) groups is 2. The van der Waals surface area contributed by atoms with Gasteiger partial charge in [0.15, 0.2) is 18.1 Å². The van der Waals surface area contributed by atoms with Gasteiger partial charge in [0.25, 0.3) is 5.91 Å². The highest BCUT2D eigenvalue weighted by atomic mass is 16.5. The Bertz CT molecular complexity index is 868. The topological polar surface area (TPSA) is 77.1 Å². The van der Waals surface area contributed by atoms with Gasteiger partial charge in [-0.25, -0.2) is 0 Å². The number of amides is 2. The summed E-state index contributed by atoms with van der Waals surface area (Å²) in [7, 11) is 0. The highest BCUT2D eigenvalue weighted by Gasteiger charge is 2.27. The Morgan fingerprint density at radius 1 is 1.07 bits per heavy atom. The van der Waals surface area contributed by atoms with E-state index in [2.05, 4.69) is 5.32 Å². The van der Waals surface area contributed by atoms with Gasteiger partial charge in [0.2, 0.25) is 5.91 Å². The third-order valence-corrected chi connectivity index (χ3v) is 4.26. The number of fused-ring (bicyclic) bond motifs is 1. The van der Waals surface area contributed by atoms with Crippen molar-refractivity contribution in [3.05, 3.63) is 42.5 Å². The molecular weight excluding hydrogens is 372 g/mol. The minimum absolute atomic E-state index is 0.0806. The first kappa shape index (κ1) is 20.5. The van der Waals surface area contributed by atoms with Crippen molar-refractivity contribution >= 4 is 23.2 Å². The molecule has 1 heterocycles. The van der Waals surface area contributed by atoms with Gasteiger partial charge in [0.05, 0.1) is 18.9 Å². The molecule has 0 atom stereocenters. The summed E-state index contributed by atoms with van der Waals surface area (Å²) in [5.41, 5.74) is 1.17. The van der Waals surface area contributed by atoms with E-state index in [-0.39, 0.29) is 25.0 Å². The number of ether oxygens (including phenoxy) is 3. The van der Waals surface area contributed by atoms with Gasteiger partial charge in [-0.2, -0.15) is 0 Å². The number of hydrogen-bond acceptors (Lipinski definition) is 5. The summed E-state index contributed by atoms with van der Waals surface area (Å²) in [5.74, 6) is 1.27. The van der Waals surface area contributed by atoms with Crippen molar-refractivity contribution in [2.24, 2.45) is 0 Å². The molecule has 0 aliphatic carbocycles. The lowest BCUT2D eigenvalue weighted by Crippen LogP contribution is -2.43. The number of anilines is 2. The van der Waals surface area contributed by atoms with E-state index in [0.29, 0.717) is 41.8 Å². The normalized spacial score (nSPS) is 12.8. The fourth-order valence-corrected chi connectivity index (χ4v) is 2.91. The summed E-state index contributed by atoms with van der Waals surface area (Å²) in [5, 5.41) is 2.83. The second-order valence-electron chi connectivity index (χ2n) is 6.64. The summed E-state index contributed by atoms with van der Waals surface area (Å²) >= 11 is 0. The van der Waals surface area contributed by atoms with Crippen LogP contribution < -0.4 is 24.4 Å². The van der Waals surface area contributed by atoms with Crippen LogP contribution in [0.3, 0.4) is 0 Å². The van der Waals surface area contributed by atoms with E-state index in [0.717, 1.165) is 12.8 Å². The largest absolute Gasteiger partial charge is 0.490 e. The van der Waals surface area contributed by atoms with E-state index in [1.54, 1.807) is 36.4 Å². The summed E-state index contributed by atoms with van der Waals surface area (Å²) in [6.45, 7) is 5.02. The zero-order valence-electron chi connectivity index (χ0n) is 16.8. The molecule has 1 N–H and O–H groups in total. The van der Waals surface area contributed by atoms with Gasteiger partial charge in [-0.05, 0) is 37.1 Å². The number of carbonyl (C=O) groups excluding carboxylic acids is 2. The lowest BCUT2D eigenvalue weighted by atomic mass is 10.2.